The summed E-state index contributed by atoms with van der Waals surface area (Å²) in [4.78, 5) is 10.2. The normalized spacial score (nSPS) is 9.83. The Balaban J connectivity index is 0.000000446. The van der Waals surface area contributed by atoms with Crippen LogP contribution in [0, 0.1) is 0 Å². The fourth-order valence-electron chi connectivity index (χ4n) is 2.38. The number of carbonyl (C=O) groups is 1. The van der Waals surface area contributed by atoms with Crippen molar-refractivity contribution in [2.24, 2.45) is 0 Å². The fraction of sp³-hybridized carbons (Fsp3) is 0.650. The summed E-state index contributed by atoms with van der Waals surface area (Å²) in [5.41, 5.74) is 0.158. The zero-order valence-electron chi connectivity index (χ0n) is 15.9. The number of methoxy groups -OCH3 is 1. The molecule has 0 aliphatic heterocycles. The largest absolute Gasteiger partial charge is 0.545 e. The maximum Gasteiger partial charge on any atom is 0.118 e. The van der Waals surface area contributed by atoms with E-state index in [1.807, 2.05) is 0 Å². The molecule has 0 unspecified atom stereocenters. The predicted molar refractivity (Wildman–Crippen MR) is 102 cm³/mol. The van der Waals surface area contributed by atoms with Crippen molar-refractivity contribution in [1.82, 2.24) is 0 Å². The number of hydrogen-bond donors (Lipinski definition) is 0. The van der Waals surface area contributed by atoms with E-state index in [4.69, 9.17) is 4.74 Å². The molecule has 0 N–H and O–H groups in total. The van der Waals surface area contributed by atoms with Gasteiger partial charge in [-0.2, -0.15) is 0 Å². The van der Waals surface area contributed by atoms with Gasteiger partial charge < -0.3 is 14.6 Å². The summed E-state index contributed by atoms with van der Waals surface area (Å²) in [5, 5.41) is 10.2. The SMILES string of the molecule is CCC[CH2][Sn+]([CH2]CCC)[CH2]CCC.COc1ccc(C(=O)[O-])cc1. The summed E-state index contributed by atoms with van der Waals surface area (Å²) in [6.45, 7) is 7.00. The first-order valence-electron chi connectivity index (χ1n) is 9.27. The van der Waals surface area contributed by atoms with Crippen LogP contribution in [0.25, 0.3) is 0 Å². The summed E-state index contributed by atoms with van der Waals surface area (Å²) in [6, 6.07) is 6.03. The van der Waals surface area contributed by atoms with Crippen LogP contribution in [-0.4, -0.2) is 32.8 Å². The van der Waals surface area contributed by atoms with Crippen molar-refractivity contribution in [3.63, 3.8) is 0 Å². The first-order valence-corrected chi connectivity index (χ1v) is 15.3. The average Bonchev–Trinajstić information content (AvgIpc) is 2.61. The smallest absolute Gasteiger partial charge is 0.118 e. The van der Waals surface area contributed by atoms with E-state index in [2.05, 4.69) is 20.8 Å². The summed E-state index contributed by atoms with van der Waals surface area (Å²) in [7, 11) is 1.52. The Morgan fingerprint density at radius 2 is 1.33 bits per heavy atom. The van der Waals surface area contributed by atoms with Gasteiger partial charge in [0.05, 0.1) is 13.1 Å². The summed E-state index contributed by atoms with van der Waals surface area (Å²) < 4.78 is 9.87. The molecule has 4 heteroatoms. The molecule has 3 nitrogen and oxygen atoms in total. The topological polar surface area (TPSA) is 49.4 Å². The van der Waals surface area contributed by atoms with Crippen LogP contribution in [0.1, 0.15) is 69.7 Å². The van der Waals surface area contributed by atoms with Crippen molar-refractivity contribution in [3.8, 4) is 5.75 Å². The number of carbonyl (C=O) groups excluding carboxylic acids is 1. The second-order valence-corrected chi connectivity index (χ2v) is 14.6. The molecule has 0 aliphatic carbocycles. The van der Waals surface area contributed by atoms with Crippen LogP contribution in [-0.2, 0) is 0 Å². The van der Waals surface area contributed by atoms with Crippen LogP contribution in [0.2, 0.25) is 13.3 Å². The molecule has 0 saturated heterocycles. The van der Waals surface area contributed by atoms with Crippen LogP contribution in [0.4, 0.5) is 0 Å². The maximum absolute atomic E-state index is 10.2. The number of carboxylic acids is 1. The van der Waals surface area contributed by atoms with Gasteiger partial charge in [-0.15, -0.1) is 0 Å². The van der Waals surface area contributed by atoms with E-state index >= 15 is 0 Å². The van der Waals surface area contributed by atoms with Crippen LogP contribution < -0.4 is 9.84 Å². The second-order valence-electron chi connectivity index (χ2n) is 6.08. The van der Waals surface area contributed by atoms with Crippen LogP contribution in [0.3, 0.4) is 0 Å². The van der Waals surface area contributed by atoms with Crippen molar-refractivity contribution in [2.75, 3.05) is 7.11 Å². The molecule has 24 heavy (non-hydrogen) atoms. The van der Waals surface area contributed by atoms with Gasteiger partial charge in [0.2, 0.25) is 0 Å². The average molecular weight is 441 g/mol. The molecule has 1 aromatic carbocycles. The van der Waals surface area contributed by atoms with E-state index in [1.165, 1.54) is 57.8 Å². The zero-order chi connectivity index (χ0) is 18.2. The number of benzene rings is 1. The van der Waals surface area contributed by atoms with E-state index in [9.17, 15) is 9.90 Å². The van der Waals surface area contributed by atoms with E-state index < -0.39 is 25.7 Å². The Labute approximate surface area is 155 Å². The van der Waals surface area contributed by atoms with Gasteiger partial charge in [-0.25, -0.2) is 0 Å². The Kier molecular flexibility index (Phi) is 15.3. The molecule has 0 heterocycles. The number of hydrogen-bond acceptors (Lipinski definition) is 3. The summed E-state index contributed by atoms with van der Waals surface area (Å²) in [5.74, 6) is -0.539. The van der Waals surface area contributed by atoms with E-state index in [0.717, 1.165) is 0 Å². The molecule has 0 radical (unpaired) electrons. The molecule has 0 amide bonds. The molecule has 0 spiro atoms. The molecule has 1 aromatic rings. The standard InChI is InChI=1S/C8H8O3.3C4H9.Sn/c1-11-7-4-2-6(3-5-7)8(9)10;3*1-3-4-2;/h2-5H,1H3,(H,9,10);3*1,3-4H2,2H3;/q;;;;+1/p-1. The Hall–Kier alpha value is -0.711. The molecule has 0 atom stereocenters. The first kappa shape index (κ1) is 23.3. The van der Waals surface area contributed by atoms with Crippen molar-refractivity contribution >= 4 is 25.7 Å². The van der Waals surface area contributed by atoms with Gasteiger partial charge in [-0.05, 0) is 29.8 Å². The van der Waals surface area contributed by atoms with Gasteiger partial charge >= 0.3 is 92.4 Å². The minimum atomic E-state index is -1.17. The Bertz CT molecular complexity index is 398. The summed E-state index contributed by atoms with van der Waals surface area (Å²) in [6.07, 6.45) is 8.85. The van der Waals surface area contributed by atoms with Crippen LogP contribution in [0.5, 0.6) is 5.75 Å². The monoisotopic (exact) mass is 442 g/mol. The van der Waals surface area contributed by atoms with Gasteiger partial charge in [-0.1, -0.05) is 0 Å². The molecule has 0 bridgehead atoms. The minimum Gasteiger partial charge on any atom is -0.545 e. The Morgan fingerprint density at radius 1 is 0.917 bits per heavy atom. The quantitative estimate of drug-likeness (QED) is 0.458. The number of ether oxygens (including phenoxy) is 1. The minimum absolute atomic E-state index is 0.158. The zero-order valence-corrected chi connectivity index (χ0v) is 18.8. The van der Waals surface area contributed by atoms with Crippen LogP contribution >= 0.6 is 0 Å². The van der Waals surface area contributed by atoms with Gasteiger partial charge in [0.1, 0.15) is 5.75 Å². The Morgan fingerprint density at radius 3 is 1.62 bits per heavy atom. The van der Waals surface area contributed by atoms with E-state index in [1.54, 1.807) is 25.4 Å². The molecule has 1 rings (SSSR count). The first-order chi connectivity index (χ1) is 11.6. The molecular formula is C20H34O3Sn. The molecule has 0 fully saturated rings. The third-order valence-electron chi connectivity index (χ3n) is 3.98. The van der Waals surface area contributed by atoms with Gasteiger partial charge in [0, 0.05) is 0 Å². The summed E-state index contributed by atoms with van der Waals surface area (Å²) >= 11 is -0.839. The third-order valence-corrected chi connectivity index (χ3v) is 13.1. The molecule has 0 aliphatic rings. The second kappa shape index (κ2) is 15.8. The number of unbranched alkanes of at least 4 members (excludes halogenated alkanes) is 3. The van der Waals surface area contributed by atoms with E-state index in [0.29, 0.717) is 5.75 Å². The predicted octanol–water partition coefficient (Wildman–Crippen LogP) is 4.94. The number of rotatable bonds is 11. The molecular weight excluding hydrogens is 407 g/mol. The van der Waals surface area contributed by atoms with Crippen molar-refractivity contribution in [3.05, 3.63) is 29.8 Å². The number of aromatic carboxylic acids is 1. The molecule has 136 valence electrons. The third kappa shape index (κ3) is 11.8. The van der Waals surface area contributed by atoms with Crippen molar-refractivity contribution in [1.29, 1.82) is 0 Å². The fourth-order valence-corrected chi connectivity index (χ4v) is 11.8. The van der Waals surface area contributed by atoms with Crippen molar-refractivity contribution < 1.29 is 14.6 Å². The van der Waals surface area contributed by atoms with E-state index in [-0.39, 0.29) is 5.56 Å². The molecule has 0 aromatic heterocycles. The van der Waals surface area contributed by atoms with Crippen LogP contribution in [0.15, 0.2) is 24.3 Å². The molecule has 0 saturated carbocycles. The van der Waals surface area contributed by atoms with Crippen molar-refractivity contribution in [2.45, 2.75) is 72.6 Å². The number of carboxylic acid groups (broad SMARTS) is 1. The van der Waals surface area contributed by atoms with Gasteiger partial charge in [0.15, 0.2) is 0 Å². The van der Waals surface area contributed by atoms with Gasteiger partial charge in [-0.3, -0.25) is 0 Å². The van der Waals surface area contributed by atoms with Gasteiger partial charge in [0.25, 0.3) is 0 Å². The maximum atomic E-state index is 10.2.